The number of nitrogens with one attached hydrogen (secondary N) is 1. The fraction of sp³-hybridized carbons (Fsp3) is 0.188. The number of hydrogen-bond acceptors (Lipinski definition) is 7. The second-order valence-electron chi connectivity index (χ2n) is 5.14. The molecule has 0 saturated carbocycles. The third-order valence-electron chi connectivity index (χ3n) is 3.39. The highest BCUT2D eigenvalue weighted by Crippen LogP contribution is 2.28. The van der Waals surface area contributed by atoms with Crippen molar-refractivity contribution in [3.63, 3.8) is 0 Å². The Morgan fingerprint density at radius 2 is 2.08 bits per heavy atom. The summed E-state index contributed by atoms with van der Waals surface area (Å²) >= 11 is 1.49. The smallest absolute Gasteiger partial charge is 0.412 e. The Kier molecular flexibility index (Phi) is 4.94. The SMILES string of the molecule is CCOC(=O)Nc1cc2c(nc(SCc3ccccc3)n2N)c(N)n1. The monoisotopic (exact) mass is 358 g/mol. The summed E-state index contributed by atoms with van der Waals surface area (Å²) in [6.45, 7) is 1.98. The van der Waals surface area contributed by atoms with Crippen molar-refractivity contribution in [2.75, 3.05) is 23.5 Å². The molecule has 0 aliphatic carbocycles. The lowest BCUT2D eigenvalue weighted by atomic mass is 10.2. The number of aromatic nitrogens is 3. The number of amides is 1. The molecule has 0 aliphatic rings. The minimum Gasteiger partial charge on any atom is -0.450 e. The van der Waals surface area contributed by atoms with Crippen LogP contribution in [-0.2, 0) is 10.5 Å². The lowest BCUT2D eigenvalue weighted by molar-refractivity contribution is 0.168. The Bertz CT molecular complexity index is 897. The number of fused-ring (bicyclic) bond motifs is 1. The highest BCUT2D eigenvalue weighted by atomic mass is 32.2. The van der Waals surface area contributed by atoms with Gasteiger partial charge in [-0.1, -0.05) is 42.1 Å². The number of pyridine rings is 1. The van der Waals surface area contributed by atoms with Crippen molar-refractivity contribution >= 4 is 40.5 Å². The first-order valence-corrected chi connectivity index (χ1v) is 8.61. The van der Waals surface area contributed by atoms with Gasteiger partial charge in [0.05, 0.1) is 12.1 Å². The summed E-state index contributed by atoms with van der Waals surface area (Å²) in [5, 5.41) is 3.13. The number of nitrogens with two attached hydrogens (primary N) is 2. The van der Waals surface area contributed by atoms with Crippen molar-refractivity contribution in [2.24, 2.45) is 0 Å². The molecular formula is C16H18N6O2S. The normalized spacial score (nSPS) is 10.8. The zero-order valence-electron chi connectivity index (χ0n) is 13.6. The minimum atomic E-state index is -0.601. The molecule has 0 spiro atoms. The summed E-state index contributed by atoms with van der Waals surface area (Å²) in [6.07, 6.45) is -0.601. The molecule has 0 saturated heterocycles. The molecule has 3 aromatic rings. The molecule has 130 valence electrons. The second kappa shape index (κ2) is 7.31. The number of thioether (sulfide) groups is 1. The molecule has 9 heteroatoms. The van der Waals surface area contributed by atoms with E-state index in [1.807, 2.05) is 30.3 Å². The van der Waals surface area contributed by atoms with Gasteiger partial charge in [0.1, 0.15) is 11.3 Å². The van der Waals surface area contributed by atoms with Crippen molar-refractivity contribution in [2.45, 2.75) is 17.8 Å². The molecule has 0 radical (unpaired) electrons. The number of nitrogens with zero attached hydrogens (tertiary/aromatic N) is 3. The number of anilines is 2. The summed E-state index contributed by atoms with van der Waals surface area (Å²) in [6, 6.07) is 11.6. The van der Waals surface area contributed by atoms with Crippen LogP contribution in [0.3, 0.4) is 0 Å². The molecule has 0 unspecified atom stereocenters. The van der Waals surface area contributed by atoms with Gasteiger partial charge in [-0.2, -0.15) is 0 Å². The molecule has 8 nitrogen and oxygen atoms in total. The van der Waals surface area contributed by atoms with E-state index in [0.717, 1.165) is 11.3 Å². The largest absolute Gasteiger partial charge is 0.450 e. The molecule has 25 heavy (non-hydrogen) atoms. The van der Waals surface area contributed by atoms with Gasteiger partial charge < -0.3 is 16.3 Å². The van der Waals surface area contributed by atoms with Gasteiger partial charge in [0.15, 0.2) is 11.0 Å². The van der Waals surface area contributed by atoms with Gasteiger partial charge in [0.2, 0.25) is 0 Å². The van der Waals surface area contributed by atoms with E-state index in [9.17, 15) is 4.79 Å². The first kappa shape index (κ1) is 16.9. The number of rotatable bonds is 5. The van der Waals surface area contributed by atoms with Gasteiger partial charge in [-0.3, -0.25) is 5.32 Å². The molecule has 1 aromatic carbocycles. The summed E-state index contributed by atoms with van der Waals surface area (Å²) < 4.78 is 6.27. The van der Waals surface area contributed by atoms with Gasteiger partial charge in [0, 0.05) is 11.8 Å². The number of hydrogen-bond donors (Lipinski definition) is 3. The molecule has 0 aliphatic heterocycles. The van der Waals surface area contributed by atoms with E-state index in [1.54, 1.807) is 13.0 Å². The molecule has 2 heterocycles. The van der Waals surface area contributed by atoms with Crippen molar-refractivity contribution < 1.29 is 9.53 Å². The van der Waals surface area contributed by atoms with E-state index in [2.05, 4.69) is 15.3 Å². The first-order chi connectivity index (χ1) is 12.1. The molecule has 2 aromatic heterocycles. The van der Waals surface area contributed by atoms with Crippen LogP contribution in [-0.4, -0.2) is 27.3 Å². The molecule has 1 amide bonds. The van der Waals surface area contributed by atoms with Gasteiger partial charge in [-0.15, -0.1) is 0 Å². The highest BCUT2D eigenvalue weighted by molar-refractivity contribution is 7.98. The van der Waals surface area contributed by atoms with Crippen LogP contribution >= 0.6 is 11.8 Å². The second-order valence-corrected chi connectivity index (χ2v) is 6.09. The Labute approximate surface area is 148 Å². The quantitative estimate of drug-likeness (QED) is 0.473. The number of carbonyl (C=O) groups is 1. The molecule has 0 fully saturated rings. The zero-order valence-corrected chi connectivity index (χ0v) is 14.4. The van der Waals surface area contributed by atoms with Crippen molar-refractivity contribution in [3.8, 4) is 0 Å². The fourth-order valence-electron chi connectivity index (χ4n) is 2.25. The average Bonchev–Trinajstić information content (AvgIpc) is 2.91. The van der Waals surface area contributed by atoms with Crippen molar-refractivity contribution in [1.82, 2.24) is 14.6 Å². The van der Waals surface area contributed by atoms with Crippen LogP contribution in [0.15, 0.2) is 41.6 Å². The van der Waals surface area contributed by atoms with Crippen LogP contribution in [0.4, 0.5) is 16.4 Å². The van der Waals surface area contributed by atoms with Crippen LogP contribution in [0, 0.1) is 0 Å². The zero-order chi connectivity index (χ0) is 17.8. The number of imidazole rings is 1. The van der Waals surface area contributed by atoms with Gasteiger partial charge in [0.25, 0.3) is 0 Å². The Hall–Kier alpha value is -2.94. The maximum absolute atomic E-state index is 11.5. The molecule has 5 N–H and O–H groups in total. The topological polar surface area (TPSA) is 121 Å². The van der Waals surface area contributed by atoms with Gasteiger partial charge >= 0.3 is 6.09 Å². The van der Waals surface area contributed by atoms with E-state index in [4.69, 9.17) is 16.3 Å². The Balaban J connectivity index is 1.85. The average molecular weight is 358 g/mol. The van der Waals surface area contributed by atoms with Gasteiger partial charge in [-0.25, -0.2) is 19.4 Å². The lowest BCUT2D eigenvalue weighted by Gasteiger charge is -2.06. The Morgan fingerprint density at radius 3 is 2.80 bits per heavy atom. The van der Waals surface area contributed by atoms with E-state index >= 15 is 0 Å². The van der Waals surface area contributed by atoms with E-state index in [-0.39, 0.29) is 18.2 Å². The van der Waals surface area contributed by atoms with Gasteiger partial charge in [-0.05, 0) is 12.5 Å². The standard InChI is InChI=1S/C16H18N6O2S/c1-2-24-16(23)20-12-8-11-13(14(17)19-12)21-15(22(11)18)25-9-10-6-4-3-5-7-10/h3-8H,2,9,18H2,1H3,(H3,17,19,20,23). The molecule has 0 bridgehead atoms. The highest BCUT2D eigenvalue weighted by Gasteiger charge is 2.15. The van der Waals surface area contributed by atoms with Crippen LogP contribution in [0.2, 0.25) is 0 Å². The summed E-state index contributed by atoms with van der Waals surface area (Å²) in [7, 11) is 0. The number of carbonyl (C=O) groups excluding carboxylic acids is 1. The van der Waals surface area contributed by atoms with Crippen molar-refractivity contribution in [1.29, 1.82) is 0 Å². The predicted octanol–water partition coefficient (Wildman–Crippen LogP) is 2.59. The van der Waals surface area contributed by atoms with Crippen LogP contribution in [0.5, 0.6) is 0 Å². The van der Waals surface area contributed by atoms with E-state index < -0.39 is 6.09 Å². The van der Waals surface area contributed by atoms with Crippen LogP contribution < -0.4 is 16.9 Å². The predicted molar refractivity (Wildman–Crippen MR) is 98.7 cm³/mol. The van der Waals surface area contributed by atoms with Crippen molar-refractivity contribution in [3.05, 3.63) is 42.0 Å². The fourth-order valence-corrected chi connectivity index (χ4v) is 3.14. The maximum Gasteiger partial charge on any atom is 0.412 e. The third-order valence-corrected chi connectivity index (χ3v) is 4.41. The lowest BCUT2D eigenvalue weighted by Crippen LogP contribution is -2.15. The third kappa shape index (κ3) is 3.77. The van der Waals surface area contributed by atoms with Crippen LogP contribution in [0.25, 0.3) is 11.0 Å². The maximum atomic E-state index is 11.5. The molecule has 0 atom stereocenters. The Morgan fingerprint density at radius 1 is 1.32 bits per heavy atom. The summed E-state index contributed by atoms with van der Waals surface area (Å²) in [5.41, 5.74) is 8.19. The minimum absolute atomic E-state index is 0.190. The number of benzene rings is 1. The number of nitrogen functional groups attached to an aromatic ring is 2. The van der Waals surface area contributed by atoms with E-state index in [1.165, 1.54) is 16.4 Å². The van der Waals surface area contributed by atoms with E-state index in [0.29, 0.717) is 16.2 Å². The molecule has 3 rings (SSSR count). The first-order valence-electron chi connectivity index (χ1n) is 7.63. The summed E-state index contributed by atoms with van der Waals surface area (Å²) in [4.78, 5) is 20.1. The summed E-state index contributed by atoms with van der Waals surface area (Å²) in [5.74, 6) is 7.31. The molecular weight excluding hydrogens is 340 g/mol. The van der Waals surface area contributed by atoms with Crippen LogP contribution in [0.1, 0.15) is 12.5 Å². The number of ether oxygens (including phenoxy) is 1.